The number of hydrogen-bond donors (Lipinski definition) is 1. The SMILES string of the molecule is COC(=O)c1ccc(C2CCNCC2)nc1. The van der Waals surface area contributed by atoms with Crippen LogP contribution in [0.15, 0.2) is 18.3 Å². The Balaban J connectivity index is 2.09. The molecule has 1 aliphatic rings. The van der Waals surface area contributed by atoms with Crippen molar-refractivity contribution in [1.82, 2.24) is 10.3 Å². The maximum absolute atomic E-state index is 11.2. The first-order valence-corrected chi connectivity index (χ1v) is 5.56. The van der Waals surface area contributed by atoms with Gasteiger partial charge in [-0.25, -0.2) is 4.79 Å². The van der Waals surface area contributed by atoms with Gasteiger partial charge in [-0.05, 0) is 38.1 Å². The van der Waals surface area contributed by atoms with Crippen LogP contribution >= 0.6 is 0 Å². The van der Waals surface area contributed by atoms with Crippen LogP contribution < -0.4 is 5.32 Å². The third kappa shape index (κ3) is 2.39. The number of nitrogens with zero attached hydrogens (tertiary/aromatic N) is 1. The molecule has 2 rings (SSSR count). The molecule has 2 heterocycles. The molecule has 1 fully saturated rings. The van der Waals surface area contributed by atoms with Crippen molar-refractivity contribution in [2.45, 2.75) is 18.8 Å². The first-order chi connectivity index (χ1) is 7.81. The zero-order valence-electron chi connectivity index (χ0n) is 9.40. The number of rotatable bonds is 2. The Labute approximate surface area is 95.0 Å². The predicted molar refractivity (Wildman–Crippen MR) is 60.4 cm³/mol. The third-order valence-electron chi connectivity index (χ3n) is 2.96. The summed E-state index contributed by atoms with van der Waals surface area (Å²) >= 11 is 0. The topological polar surface area (TPSA) is 51.2 Å². The zero-order valence-corrected chi connectivity index (χ0v) is 9.40. The minimum atomic E-state index is -0.329. The van der Waals surface area contributed by atoms with Crippen molar-refractivity contribution in [3.05, 3.63) is 29.6 Å². The molecule has 16 heavy (non-hydrogen) atoms. The largest absolute Gasteiger partial charge is 0.465 e. The minimum absolute atomic E-state index is 0.329. The Kier molecular flexibility index (Phi) is 3.51. The first-order valence-electron chi connectivity index (χ1n) is 5.56. The Bertz CT molecular complexity index is 356. The summed E-state index contributed by atoms with van der Waals surface area (Å²) in [5.41, 5.74) is 1.59. The third-order valence-corrected chi connectivity index (χ3v) is 2.96. The average molecular weight is 220 g/mol. The molecule has 0 bridgehead atoms. The molecule has 4 heteroatoms. The zero-order chi connectivity index (χ0) is 11.4. The molecule has 1 aliphatic heterocycles. The Morgan fingerprint density at radius 3 is 2.75 bits per heavy atom. The van der Waals surface area contributed by atoms with E-state index in [9.17, 15) is 4.79 Å². The van der Waals surface area contributed by atoms with Crippen LogP contribution in [0.2, 0.25) is 0 Å². The van der Waals surface area contributed by atoms with Crippen LogP contribution in [0.5, 0.6) is 0 Å². The van der Waals surface area contributed by atoms with Crippen molar-refractivity contribution < 1.29 is 9.53 Å². The highest BCUT2D eigenvalue weighted by atomic mass is 16.5. The van der Waals surface area contributed by atoms with Crippen LogP contribution in [0.1, 0.15) is 34.8 Å². The molecule has 0 unspecified atom stereocenters. The Morgan fingerprint density at radius 1 is 1.44 bits per heavy atom. The number of methoxy groups -OCH3 is 1. The van der Waals surface area contributed by atoms with Gasteiger partial charge in [0, 0.05) is 17.8 Å². The van der Waals surface area contributed by atoms with Gasteiger partial charge in [-0.2, -0.15) is 0 Å². The number of nitrogens with one attached hydrogen (secondary N) is 1. The van der Waals surface area contributed by atoms with Gasteiger partial charge in [0.25, 0.3) is 0 Å². The summed E-state index contributed by atoms with van der Waals surface area (Å²) in [5, 5.41) is 3.32. The number of carbonyl (C=O) groups is 1. The predicted octanol–water partition coefficient (Wildman–Crippen LogP) is 1.34. The van der Waals surface area contributed by atoms with Gasteiger partial charge >= 0.3 is 5.97 Å². The van der Waals surface area contributed by atoms with E-state index in [1.807, 2.05) is 6.07 Å². The molecule has 1 N–H and O–H groups in total. The second kappa shape index (κ2) is 5.07. The van der Waals surface area contributed by atoms with Gasteiger partial charge in [0.15, 0.2) is 0 Å². The molecule has 0 aromatic carbocycles. The van der Waals surface area contributed by atoms with Crippen LogP contribution in [0, 0.1) is 0 Å². The highest BCUT2D eigenvalue weighted by Gasteiger charge is 2.16. The fourth-order valence-electron chi connectivity index (χ4n) is 2.00. The summed E-state index contributed by atoms with van der Waals surface area (Å²) in [7, 11) is 1.38. The van der Waals surface area contributed by atoms with E-state index in [0.717, 1.165) is 31.6 Å². The highest BCUT2D eigenvalue weighted by Crippen LogP contribution is 2.23. The van der Waals surface area contributed by atoms with Gasteiger partial charge in [-0.15, -0.1) is 0 Å². The number of ether oxygens (including phenoxy) is 1. The molecule has 1 aromatic heterocycles. The average Bonchev–Trinajstić information content (AvgIpc) is 2.39. The molecule has 1 saturated heterocycles. The lowest BCUT2D eigenvalue weighted by Crippen LogP contribution is -2.27. The lowest BCUT2D eigenvalue weighted by molar-refractivity contribution is 0.0600. The normalized spacial score (nSPS) is 17.1. The fraction of sp³-hybridized carbons (Fsp3) is 0.500. The number of aromatic nitrogens is 1. The summed E-state index contributed by atoms with van der Waals surface area (Å²) in [4.78, 5) is 15.6. The number of pyridine rings is 1. The van der Waals surface area contributed by atoms with Gasteiger partial charge in [0.1, 0.15) is 0 Å². The van der Waals surface area contributed by atoms with Crippen LogP contribution in [-0.2, 0) is 4.74 Å². The van der Waals surface area contributed by atoms with Crippen LogP contribution in [0.3, 0.4) is 0 Å². The van der Waals surface area contributed by atoms with Crippen LogP contribution in [0.25, 0.3) is 0 Å². The molecular formula is C12H16N2O2. The summed E-state index contributed by atoms with van der Waals surface area (Å²) in [6, 6.07) is 3.72. The van der Waals surface area contributed by atoms with E-state index >= 15 is 0 Å². The second-order valence-corrected chi connectivity index (χ2v) is 3.99. The second-order valence-electron chi connectivity index (χ2n) is 3.99. The van der Waals surface area contributed by atoms with Gasteiger partial charge in [-0.1, -0.05) is 0 Å². The van der Waals surface area contributed by atoms with Gasteiger partial charge in [-0.3, -0.25) is 4.98 Å². The van der Waals surface area contributed by atoms with Crippen molar-refractivity contribution in [2.75, 3.05) is 20.2 Å². The molecule has 0 spiro atoms. The maximum Gasteiger partial charge on any atom is 0.339 e. The lowest BCUT2D eigenvalue weighted by Gasteiger charge is -2.21. The molecule has 86 valence electrons. The van der Waals surface area contributed by atoms with E-state index in [1.165, 1.54) is 7.11 Å². The number of hydrogen-bond acceptors (Lipinski definition) is 4. The minimum Gasteiger partial charge on any atom is -0.465 e. The molecule has 1 aromatic rings. The smallest absolute Gasteiger partial charge is 0.339 e. The van der Waals surface area contributed by atoms with E-state index in [1.54, 1.807) is 12.3 Å². The van der Waals surface area contributed by atoms with E-state index in [-0.39, 0.29) is 5.97 Å². The van der Waals surface area contributed by atoms with Crippen LogP contribution in [0.4, 0.5) is 0 Å². The van der Waals surface area contributed by atoms with Crippen molar-refractivity contribution in [2.24, 2.45) is 0 Å². The summed E-state index contributed by atoms with van der Waals surface area (Å²) < 4.78 is 4.63. The summed E-state index contributed by atoms with van der Waals surface area (Å²) in [5.74, 6) is 0.192. The first kappa shape index (κ1) is 11.1. The summed E-state index contributed by atoms with van der Waals surface area (Å²) in [6.07, 6.45) is 3.83. The van der Waals surface area contributed by atoms with Gasteiger partial charge in [0.05, 0.1) is 12.7 Å². The molecule has 0 amide bonds. The van der Waals surface area contributed by atoms with Crippen LogP contribution in [-0.4, -0.2) is 31.2 Å². The van der Waals surface area contributed by atoms with E-state index in [2.05, 4.69) is 15.0 Å². The van der Waals surface area contributed by atoms with E-state index in [4.69, 9.17) is 0 Å². The maximum atomic E-state index is 11.2. The molecule has 0 atom stereocenters. The Morgan fingerprint density at radius 2 is 2.19 bits per heavy atom. The van der Waals surface area contributed by atoms with Crippen molar-refractivity contribution in [3.8, 4) is 0 Å². The number of carbonyl (C=O) groups excluding carboxylic acids is 1. The van der Waals surface area contributed by atoms with Gasteiger partial charge < -0.3 is 10.1 Å². The Hall–Kier alpha value is -1.42. The monoisotopic (exact) mass is 220 g/mol. The van der Waals surface area contributed by atoms with Crippen molar-refractivity contribution in [3.63, 3.8) is 0 Å². The quantitative estimate of drug-likeness (QED) is 0.764. The standard InChI is InChI=1S/C12H16N2O2/c1-16-12(15)10-2-3-11(14-8-10)9-4-6-13-7-5-9/h2-3,8-9,13H,4-7H2,1H3. The summed E-state index contributed by atoms with van der Waals surface area (Å²) in [6.45, 7) is 2.09. The molecule has 0 aliphatic carbocycles. The van der Waals surface area contributed by atoms with Gasteiger partial charge in [0.2, 0.25) is 0 Å². The fourth-order valence-corrected chi connectivity index (χ4v) is 2.00. The molecular weight excluding hydrogens is 204 g/mol. The molecule has 0 radical (unpaired) electrons. The number of esters is 1. The van der Waals surface area contributed by atoms with E-state index in [0.29, 0.717) is 11.5 Å². The van der Waals surface area contributed by atoms with Crippen molar-refractivity contribution in [1.29, 1.82) is 0 Å². The molecule has 0 saturated carbocycles. The molecule has 4 nitrogen and oxygen atoms in total. The lowest BCUT2D eigenvalue weighted by atomic mass is 9.94. The van der Waals surface area contributed by atoms with Crippen molar-refractivity contribution >= 4 is 5.97 Å². The highest BCUT2D eigenvalue weighted by molar-refractivity contribution is 5.88. The number of piperidine rings is 1. The van der Waals surface area contributed by atoms with E-state index < -0.39 is 0 Å².